The molecule has 3 heteroatoms. The fraction of sp³-hybridized carbons (Fsp3) is 0. The van der Waals surface area contributed by atoms with Crippen LogP contribution in [-0.2, 0) is 0 Å². The van der Waals surface area contributed by atoms with Crippen molar-refractivity contribution in [3.63, 3.8) is 0 Å². The fourth-order valence-corrected chi connectivity index (χ4v) is 1.30. The first-order chi connectivity index (χ1) is 7.36. The minimum Gasteiger partial charge on any atom is -0.872 e. The van der Waals surface area contributed by atoms with Crippen LogP contribution in [-0.4, -0.2) is 6.21 Å². The summed E-state index contributed by atoms with van der Waals surface area (Å²) in [6, 6.07) is 16.7. The maximum Gasteiger partial charge on any atom is 1.00 e. The summed E-state index contributed by atoms with van der Waals surface area (Å²) in [6.45, 7) is 0. The number of nitrogens with one attached hydrogen (secondary N) is 1. The maximum absolute atomic E-state index is 11.4. The van der Waals surface area contributed by atoms with Crippen LogP contribution < -0.4 is 29.0 Å². The van der Waals surface area contributed by atoms with E-state index in [0.717, 1.165) is 5.69 Å². The van der Waals surface area contributed by atoms with Gasteiger partial charge in [0.25, 0.3) is 0 Å². The molecule has 0 bridgehead atoms. The molecule has 2 rings (SSSR count). The number of hydrogen-bond donors (Lipinski definition) is 1. The molecule has 0 radical (unpaired) electrons. The van der Waals surface area contributed by atoms with Crippen molar-refractivity contribution in [2.24, 2.45) is 0 Å². The quantitative estimate of drug-likeness (QED) is 0.429. The SMILES string of the molecule is [Li+].[O-]c1ccccc1C=[NH+]c1ccccc1. The van der Waals surface area contributed by atoms with Gasteiger partial charge in [0, 0.05) is 17.7 Å². The van der Waals surface area contributed by atoms with E-state index >= 15 is 0 Å². The molecule has 0 saturated heterocycles. The Hall–Kier alpha value is -1.49. The second kappa shape index (κ2) is 6.17. The van der Waals surface area contributed by atoms with Gasteiger partial charge in [-0.1, -0.05) is 42.1 Å². The largest absolute Gasteiger partial charge is 1.00 e. The van der Waals surface area contributed by atoms with Crippen molar-refractivity contribution in [1.82, 2.24) is 0 Å². The minimum absolute atomic E-state index is 0. The molecule has 0 atom stereocenters. The third kappa shape index (κ3) is 3.27. The Balaban J connectivity index is 0.00000128. The van der Waals surface area contributed by atoms with Crippen LogP contribution in [0.25, 0.3) is 0 Å². The molecule has 0 amide bonds. The average Bonchev–Trinajstić information content (AvgIpc) is 2.29. The van der Waals surface area contributed by atoms with Crippen molar-refractivity contribution in [1.29, 1.82) is 0 Å². The molecule has 0 heterocycles. The summed E-state index contributed by atoms with van der Waals surface area (Å²) in [6.07, 6.45) is 1.72. The average molecular weight is 204 g/mol. The molecule has 0 aliphatic carbocycles. The predicted octanol–water partition coefficient (Wildman–Crippen LogP) is -2.40. The summed E-state index contributed by atoms with van der Waals surface area (Å²) in [4.78, 5) is 3.08. The van der Waals surface area contributed by atoms with E-state index in [1.165, 1.54) is 0 Å². The van der Waals surface area contributed by atoms with Crippen molar-refractivity contribution < 1.29 is 29.0 Å². The van der Waals surface area contributed by atoms with Crippen molar-refractivity contribution in [3.8, 4) is 5.75 Å². The Bertz CT molecular complexity index is 468. The Morgan fingerprint density at radius 3 is 2.19 bits per heavy atom. The summed E-state index contributed by atoms with van der Waals surface area (Å²) in [5.74, 6) is 0.0286. The molecular formula is C13H11LiNO+. The molecule has 0 aromatic heterocycles. The van der Waals surface area contributed by atoms with E-state index in [4.69, 9.17) is 0 Å². The molecule has 2 nitrogen and oxygen atoms in total. The zero-order valence-electron chi connectivity index (χ0n) is 9.18. The third-order valence-corrected chi connectivity index (χ3v) is 2.09. The summed E-state index contributed by atoms with van der Waals surface area (Å²) < 4.78 is 0. The van der Waals surface area contributed by atoms with Crippen LogP contribution in [0.1, 0.15) is 5.56 Å². The van der Waals surface area contributed by atoms with Crippen molar-refractivity contribution in [2.45, 2.75) is 0 Å². The van der Waals surface area contributed by atoms with Gasteiger partial charge in [-0.25, -0.2) is 4.99 Å². The van der Waals surface area contributed by atoms with E-state index in [0.29, 0.717) is 5.56 Å². The number of rotatable bonds is 2. The Labute approximate surface area is 107 Å². The fourth-order valence-electron chi connectivity index (χ4n) is 1.30. The van der Waals surface area contributed by atoms with Gasteiger partial charge in [0.2, 0.25) is 5.69 Å². The van der Waals surface area contributed by atoms with Gasteiger partial charge < -0.3 is 5.11 Å². The van der Waals surface area contributed by atoms with Crippen LogP contribution in [0, 0.1) is 0 Å². The Morgan fingerprint density at radius 2 is 1.50 bits per heavy atom. The maximum atomic E-state index is 11.4. The summed E-state index contributed by atoms with van der Waals surface area (Å²) in [5, 5.41) is 11.4. The van der Waals surface area contributed by atoms with Gasteiger partial charge in [-0.2, -0.15) is 0 Å². The molecule has 0 aliphatic rings. The van der Waals surface area contributed by atoms with Gasteiger partial charge in [-0.3, -0.25) is 0 Å². The molecule has 1 N–H and O–H groups in total. The van der Waals surface area contributed by atoms with Crippen LogP contribution in [0.4, 0.5) is 5.69 Å². The molecule has 74 valence electrons. The molecule has 16 heavy (non-hydrogen) atoms. The molecule has 0 saturated carbocycles. The van der Waals surface area contributed by atoms with Gasteiger partial charge in [0.15, 0.2) is 6.21 Å². The van der Waals surface area contributed by atoms with Crippen LogP contribution in [0.3, 0.4) is 0 Å². The van der Waals surface area contributed by atoms with E-state index < -0.39 is 0 Å². The second-order valence-electron chi connectivity index (χ2n) is 3.19. The molecular weight excluding hydrogens is 193 g/mol. The van der Waals surface area contributed by atoms with E-state index in [1.54, 1.807) is 24.4 Å². The third-order valence-electron chi connectivity index (χ3n) is 2.09. The Morgan fingerprint density at radius 1 is 0.875 bits per heavy atom. The smallest absolute Gasteiger partial charge is 0.872 e. The van der Waals surface area contributed by atoms with Gasteiger partial charge >= 0.3 is 18.9 Å². The van der Waals surface area contributed by atoms with Gasteiger partial charge in [0.1, 0.15) is 0 Å². The number of benzene rings is 2. The molecule has 0 spiro atoms. The van der Waals surface area contributed by atoms with E-state index in [1.807, 2.05) is 36.4 Å². The summed E-state index contributed by atoms with van der Waals surface area (Å²) >= 11 is 0. The topological polar surface area (TPSA) is 37.0 Å². The molecule has 0 fully saturated rings. The zero-order chi connectivity index (χ0) is 10.5. The standard InChI is InChI=1S/C13H11NO.Li/c15-13-9-5-4-6-11(13)10-14-12-7-2-1-3-8-12;/h1-10,15H;/q;+1. The molecule has 2 aromatic rings. The monoisotopic (exact) mass is 204 g/mol. The summed E-state index contributed by atoms with van der Waals surface area (Å²) in [5.41, 5.74) is 1.64. The van der Waals surface area contributed by atoms with Crippen molar-refractivity contribution >= 4 is 11.9 Å². The normalized spacial score (nSPS) is 10.0. The predicted molar refractivity (Wildman–Crippen MR) is 58.1 cm³/mol. The first-order valence-corrected chi connectivity index (χ1v) is 4.77. The van der Waals surface area contributed by atoms with Crippen LogP contribution >= 0.6 is 0 Å². The van der Waals surface area contributed by atoms with Crippen LogP contribution in [0.5, 0.6) is 5.75 Å². The van der Waals surface area contributed by atoms with E-state index in [9.17, 15) is 5.11 Å². The van der Waals surface area contributed by atoms with Crippen molar-refractivity contribution in [2.75, 3.05) is 0 Å². The minimum atomic E-state index is 0. The van der Waals surface area contributed by atoms with E-state index in [-0.39, 0.29) is 24.6 Å². The molecule has 0 unspecified atom stereocenters. The van der Waals surface area contributed by atoms with Gasteiger partial charge in [0.05, 0.1) is 0 Å². The van der Waals surface area contributed by atoms with Crippen LogP contribution in [0.2, 0.25) is 0 Å². The zero-order valence-corrected chi connectivity index (χ0v) is 9.18. The first-order valence-electron chi connectivity index (χ1n) is 4.77. The van der Waals surface area contributed by atoms with E-state index in [2.05, 4.69) is 4.99 Å². The van der Waals surface area contributed by atoms with Crippen LogP contribution in [0.15, 0.2) is 54.6 Å². The molecule has 2 aromatic carbocycles. The van der Waals surface area contributed by atoms with Gasteiger partial charge in [-0.05, 0) is 6.07 Å². The second-order valence-corrected chi connectivity index (χ2v) is 3.19. The number of hydrogen-bond acceptors (Lipinski definition) is 1. The van der Waals surface area contributed by atoms with Gasteiger partial charge in [-0.15, -0.1) is 0 Å². The molecule has 0 aliphatic heterocycles. The van der Waals surface area contributed by atoms with Crippen molar-refractivity contribution in [3.05, 3.63) is 60.2 Å². The number of para-hydroxylation sites is 2. The summed E-state index contributed by atoms with van der Waals surface area (Å²) in [7, 11) is 0. The Kier molecular flexibility index (Phi) is 4.85. The first kappa shape index (κ1) is 12.6.